The van der Waals surface area contributed by atoms with Crippen LogP contribution in [0.5, 0.6) is 0 Å². The van der Waals surface area contributed by atoms with E-state index in [1.165, 1.54) is 4.31 Å². The minimum atomic E-state index is -3.33. The monoisotopic (exact) mass is 282 g/mol. The summed E-state index contributed by atoms with van der Waals surface area (Å²) in [6, 6.07) is 5.59. The molecule has 1 aromatic carbocycles. The molecule has 0 saturated heterocycles. The van der Waals surface area contributed by atoms with Crippen molar-refractivity contribution in [2.75, 3.05) is 13.6 Å². The molecule has 106 valence electrons. The van der Waals surface area contributed by atoms with Gasteiger partial charge in [-0.05, 0) is 49.6 Å². The number of sulfonamides is 1. The molecule has 1 saturated carbocycles. The average Bonchev–Trinajstić information content (AvgIpc) is 3.20. The Bertz CT molecular complexity index is 551. The van der Waals surface area contributed by atoms with E-state index in [0.29, 0.717) is 11.4 Å². The summed E-state index contributed by atoms with van der Waals surface area (Å²) < 4.78 is 26.4. The zero-order valence-electron chi connectivity index (χ0n) is 11.8. The molecule has 0 heterocycles. The maximum atomic E-state index is 12.5. The predicted octanol–water partition coefficient (Wildman–Crippen LogP) is 1.89. The smallest absolute Gasteiger partial charge is 0.243 e. The Labute approximate surface area is 115 Å². The second-order valence-electron chi connectivity index (χ2n) is 5.12. The second-order valence-corrected chi connectivity index (χ2v) is 7.12. The van der Waals surface area contributed by atoms with Gasteiger partial charge in [-0.25, -0.2) is 8.42 Å². The molecule has 1 aliphatic carbocycles. The van der Waals surface area contributed by atoms with Gasteiger partial charge >= 0.3 is 0 Å². The maximum absolute atomic E-state index is 12.5. The van der Waals surface area contributed by atoms with Crippen LogP contribution in [0, 0.1) is 6.92 Å². The molecule has 0 atom stereocenters. The summed E-state index contributed by atoms with van der Waals surface area (Å²) in [5.74, 6) is 0. The number of benzene rings is 1. The van der Waals surface area contributed by atoms with Gasteiger partial charge in [0.1, 0.15) is 0 Å². The molecule has 2 rings (SSSR count). The zero-order valence-corrected chi connectivity index (χ0v) is 12.6. The molecule has 1 N–H and O–H groups in total. The lowest BCUT2D eigenvalue weighted by Gasteiger charge is -2.17. The van der Waals surface area contributed by atoms with E-state index in [0.717, 1.165) is 30.5 Å². The Balaban J connectivity index is 2.29. The summed E-state index contributed by atoms with van der Waals surface area (Å²) in [5, 5.41) is 3.24. The second kappa shape index (κ2) is 5.61. The summed E-state index contributed by atoms with van der Waals surface area (Å²) in [4.78, 5) is 0.403. The molecule has 1 aliphatic rings. The summed E-state index contributed by atoms with van der Waals surface area (Å²) in [7, 11) is -1.66. The van der Waals surface area contributed by atoms with Crippen molar-refractivity contribution in [2.45, 2.75) is 44.2 Å². The van der Waals surface area contributed by atoms with Crippen LogP contribution in [0.3, 0.4) is 0 Å². The van der Waals surface area contributed by atoms with Gasteiger partial charge in [0.2, 0.25) is 10.0 Å². The van der Waals surface area contributed by atoms with Gasteiger partial charge in [-0.15, -0.1) is 0 Å². The molecule has 1 fully saturated rings. The first-order valence-corrected chi connectivity index (χ1v) is 8.19. The van der Waals surface area contributed by atoms with Crippen LogP contribution < -0.4 is 5.32 Å². The molecule has 0 aromatic heterocycles. The molecule has 19 heavy (non-hydrogen) atoms. The van der Waals surface area contributed by atoms with Crippen LogP contribution in [-0.2, 0) is 16.6 Å². The molecule has 0 aliphatic heterocycles. The molecular formula is C14H22N2O2S. The van der Waals surface area contributed by atoms with E-state index in [1.807, 2.05) is 19.9 Å². The molecule has 5 heteroatoms. The minimum Gasteiger partial charge on any atom is -0.313 e. The van der Waals surface area contributed by atoms with Crippen molar-refractivity contribution in [1.29, 1.82) is 0 Å². The third kappa shape index (κ3) is 3.16. The van der Waals surface area contributed by atoms with Crippen molar-refractivity contribution in [3.63, 3.8) is 0 Å². The van der Waals surface area contributed by atoms with E-state index >= 15 is 0 Å². The largest absolute Gasteiger partial charge is 0.313 e. The van der Waals surface area contributed by atoms with Gasteiger partial charge in [0.15, 0.2) is 0 Å². The van der Waals surface area contributed by atoms with Gasteiger partial charge in [0.05, 0.1) is 4.90 Å². The lowest BCUT2D eigenvalue weighted by Crippen LogP contribution is -2.29. The third-order valence-corrected chi connectivity index (χ3v) is 5.53. The van der Waals surface area contributed by atoms with Crippen molar-refractivity contribution < 1.29 is 8.42 Å². The molecule has 0 unspecified atom stereocenters. The van der Waals surface area contributed by atoms with Gasteiger partial charge in [-0.3, -0.25) is 0 Å². The van der Waals surface area contributed by atoms with Gasteiger partial charge < -0.3 is 5.32 Å². The highest BCUT2D eigenvalue weighted by molar-refractivity contribution is 7.89. The first kappa shape index (κ1) is 14.5. The zero-order chi connectivity index (χ0) is 14.0. The normalized spacial score (nSPS) is 16.0. The van der Waals surface area contributed by atoms with Crippen molar-refractivity contribution in [1.82, 2.24) is 9.62 Å². The number of hydrogen-bond donors (Lipinski definition) is 1. The molecule has 1 aromatic rings. The van der Waals surface area contributed by atoms with Gasteiger partial charge in [0, 0.05) is 19.6 Å². The van der Waals surface area contributed by atoms with Crippen LogP contribution in [-0.4, -0.2) is 32.4 Å². The predicted molar refractivity (Wildman–Crippen MR) is 76.5 cm³/mol. The molecule has 0 bridgehead atoms. The average molecular weight is 282 g/mol. The first-order valence-electron chi connectivity index (χ1n) is 6.75. The van der Waals surface area contributed by atoms with Crippen molar-refractivity contribution >= 4 is 10.0 Å². The highest BCUT2D eigenvalue weighted by Crippen LogP contribution is 2.30. The fourth-order valence-electron chi connectivity index (χ4n) is 2.06. The standard InChI is InChI=1S/C14H22N2O2S/c1-4-15-10-12-9-14(8-5-11(12)2)19(17,18)16(3)13-6-7-13/h5,8-9,13,15H,4,6-7,10H2,1-3H3. The Morgan fingerprint density at radius 2 is 2.05 bits per heavy atom. The number of nitrogens with zero attached hydrogens (tertiary/aromatic N) is 1. The topological polar surface area (TPSA) is 49.4 Å². The van der Waals surface area contributed by atoms with Crippen LogP contribution in [0.4, 0.5) is 0 Å². The van der Waals surface area contributed by atoms with Gasteiger partial charge in [-0.1, -0.05) is 13.0 Å². The third-order valence-electron chi connectivity index (χ3n) is 3.62. The fraction of sp³-hybridized carbons (Fsp3) is 0.571. The minimum absolute atomic E-state index is 0.198. The van der Waals surface area contributed by atoms with Crippen LogP contribution in [0.15, 0.2) is 23.1 Å². The SMILES string of the molecule is CCNCc1cc(S(=O)(=O)N(C)C2CC2)ccc1C. The van der Waals surface area contributed by atoms with Crippen LogP contribution in [0.25, 0.3) is 0 Å². The molecule has 0 amide bonds. The van der Waals surface area contributed by atoms with E-state index < -0.39 is 10.0 Å². The number of hydrogen-bond acceptors (Lipinski definition) is 3. The van der Waals surface area contributed by atoms with E-state index in [-0.39, 0.29) is 6.04 Å². The van der Waals surface area contributed by atoms with Crippen molar-refractivity contribution in [3.8, 4) is 0 Å². The van der Waals surface area contributed by atoms with E-state index in [4.69, 9.17) is 0 Å². The highest BCUT2D eigenvalue weighted by atomic mass is 32.2. The van der Waals surface area contributed by atoms with Crippen LogP contribution in [0.2, 0.25) is 0 Å². The lowest BCUT2D eigenvalue weighted by atomic mass is 10.1. The maximum Gasteiger partial charge on any atom is 0.243 e. The van der Waals surface area contributed by atoms with E-state index in [9.17, 15) is 8.42 Å². The van der Waals surface area contributed by atoms with Gasteiger partial charge in [0.25, 0.3) is 0 Å². The highest BCUT2D eigenvalue weighted by Gasteiger charge is 2.35. The van der Waals surface area contributed by atoms with Gasteiger partial charge in [-0.2, -0.15) is 4.31 Å². The van der Waals surface area contributed by atoms with Crippen molar-refractivity contribution in [3.05, 3.63) is 29.3 Å². The lowest BCUT2D eigenvalue weighted by molar-refractivity contribution is 0.464. The number of rotatable bonds is 6. The first-order chi connectivity index (χ1) is 8.96. The molecule has 0 spiro atoms. The Morgan fingerprint density at radius 1 is 1.37 bits per heavy atom. The summed E-state index contributed by atoms with van der Waals surface area (Å²) in [5.41, 5.74) is 2.17. The number of aryl methyl sites for hydroxylation is 1. The van der Waals surface area contributed by atoms with Crippen LogP contribution >= 0.6 is 0 Å². The van der Waals surface area contributed by atoms with Crippen molar-refractivity contribution in [2.24, 2.45) is 0 Å². The molecule has 4 nitrogen and oxygen atoms in total. The summed E-state index contributed by atoms with van der Waals surface area (Å²) in [6.07, 6.45) is 1.96. The molecular weight excluding hydrogens is 260 g/mol. The van der Waals surface area contributed by atoms with Crippen LogP contribution in [0.1, 0.15) is 30.9 Å². The summed E-state index contributed by atoms with van der Waals surface area (Å²) in [6.45, 7) is 5.63. The fourth-order valence-corrected chi connectivity index (χ4v) is 3.53. The number of nitrogens with one attached hydrogen (secondary N) is 1. The Hall–Kier alpha value is -0.910. The summed E-state index contributed by atoms with van der Waals surface area (Å²) >= 11 is 0. The Kier molecular flexibility index (Phi) is 4.28. The van der Waals surface area contributed by atoms with E-state index in [2.05, 4.69) is 5.32 Å². The van der Waals surface area contributed by atoms with E-state index in [1.54, 1.807) is 19.2 Å². The quantitative estimate of drug-likeness (QED) is 0.867. The Morgan fingerprint density at radius 3 is 2.63 bits per heavy atom. The molecule has 0 radical (unpaired) electrons.